The lowest BCUT2D eigenvalue weighted by Gasteiger charge is -2.25. The van der Waals surface area contributed by atoms with Crippen molar-refractivity contribution >= 4 is 5.96 Å². The van der Waals surface area contributed by atoms with Gasteiger partial charge in [-0.2, -0.15) is 0 Å². The molecule has 0 bridgehead atoms. The fourth-order valence-electron chi connectivity index (χ4n) is 2.40. The molecule has 3 N–H and O–H groups in total. The summed E-state index contributed by atoms with van der Waals surface area (Å²) in [5.41, 5.74) is 8.80. The highest BCUT2D eigenvalue weighted by atomic mass is 15.1. The van der Waals surface area contributed by atoms with Gasteiger partial charge in [-0.25, -0.2) is 4.99 Å². The fraction of sp³-hybridized carbons (Fsp3) is 0.533. The van der Waals surface area contributed by atoms with Crippen LogP contribution in [-0.4, -0.2) is 17.5 Å². The van der Waals surface area contributed by atoms with Crippen LogP contribution in [0.15, 0.2) is 29.3 Å². The minimum absolute atomic E-state index is 0.0276. The molecule has 1 aromatic carbocycles. The molecule has 3 heteroatoms. The first-order valence-electron chi connectivity index (χ1n) is 6.62. The fourth-order valence-corrected chi connectivity index (χ4v) is 2.40. The van der Waals surface area contributed by atoms with Crippen LogP contribution < -0.4 is 11.1 Å². The molecular weight excluding hydrogens is 222 g/mol. The molecule has 3 nitrogen and oxygen atoms in total. The van der Waals surface area contributed by atoms with Crippen molar-refractivity contribution in [1.82, 2.24) is 5.32 Å². The number of nitrogens with two attached hydrogens (primary N) is 1. The van der Waals surface area contributed by atoms with Crippen LogP contribution in [-0.2, 0) is 12.8 Å². The third-order valence-electron chi connectivity index (χ3n) is 3.15. The number of aliphatic imine (C=N–C) groups is 1. The second-order valence-electron chi connectivity index (χ2n) is 6.05. The van der Waals surface area contributed by atoms with Crippen molar-refractivity contribution in [2.75, 3.05) is 0 Å². The van der Waals surface area contributed by atoms with Crippen molar-refractivity contribution in [2.45, 2.75) is 51.6 Å². The number of nitrogens with zero attached hydrogens (tertiary/aromatic N) is 1. The van der Waals surface area contributed by atoms with E-state index >= 15 is 0 Å². The third kappa shape index (κ3) is 3.49. The molecule has 0 amide bonds. The van der Waals surface area contributed by atoms with Crippen LogP contribution in [0, 0.1) is 0 Å². The average Bonchev–Trinajstić information content (AvgIpc) is 2.26. The van der Waals surface area contributed by atoms with Crippen molar-refractivity contribution in [3.63, 3.8) is 0 Å². The van der Waals surface area contributed by atoms with E-state index in [1.807, 2.05) is 0 Å². The van der Waals surface area contributed by atoms with Gasteiger partial charge in [0.1, 0.15) is 0 Å². The molecule has 1 unspecified atom stereocenters. The molecular formula is C15H23N3. The molecule has 18 heavy (non-hydrogen) atoms. The number of guanidine groups is 1. The van der Waals surface area contributed by atoms with Crippen LogP contribution in [0.1, 0.15) is 38.3 Å². The molecule has 0 saturated heterocycles. The van der Waals surface area contributed by atoms with E-state index in [1.165, 1.54) is 11.1 Å². The first-order chi connectivity index (χ1) is 8.44. The molecule has 1 aliphatic carbocycles. The van der Waals surface area contributed by atoms with Crippen molar-refractivity contribution in [3.8, 4) is 0 Å². The largest absolute Gasteiger partial charge is 0.370 e. The Kier molecular flexibility index (Phi) is 3.60. The second kappa shape index (κ2) is 5.01. The van der Waals surface area contributed by atoms with E-state index in [0.717, 1.165) is 19.3 Å². The van der Waals surface area contributed by atoms with Gasteiger partial charge in [-0.1, -0.05) is 24.3 Å². The van der Waals surface area contributed by atoms with Gasteiger partial charge in [0.05, 0.1) is 6.04 Å². The normalized spacial score (nSPS) is 20.4. The Morgan fingerprint density at radius 1 is 1.28 bits per heavy atom. The highest BCUT2D eigenvalue weighted by Gasteiger charge is 2.18. The number of hydrogen-bond acceptors (Lipinski definition) is 1. The van der Waals surface area contributed by atoms with E-state index in [4.69, 9.17) is 5.73 Å². The Morgan fingerprint density at radius 2 is 1.94 bits per heavy atom. The van der Waals surface area contributed by atoms with Gasteiger partial charge < -0.3 is 11.1 Å². The van der Waals surface area contributed by atoms with Crippen molar-refractivity contribution in [2.24, 2.45) is 10.7 Å². The molecule has 1 aliphatic rings. The van der Waals surface area contributed by atoms with Crippen molar-refractivity contribution < 1.29 is 0 Å². The summed E-state index contributed by atoms with van der Waals surface area (Å²) in [7, 11) is 0. The van der Waals surface area contributed by atoms with Crippen LogP contribution >= 0.6 is 0 Å². The maximum atomic E-state index is 5.95. The van der Waals surface area contributed by atoms with Crippen molar-refractivity contribution in [1.29, 1.82) is 0 Å². The maximum Gasteiger partial charge on any atom is 0.189 e. The zero-order chi connectivity index (χ0) is 13.2. The van der Waals surface area contributed by atoms with Crippen LogP contribution in [0.2, 0.25) is 0 Å². The van der Waals surface area contributed by atoms with Crippen LogP contribution in [0.25, 0.3) is 0 Å². The number of nitrogens with one attached hydrogen (secondary N) is 1. The third-order valence-corrected chi connectivity index (χ3v) is 3.15. The Hall–Kier alpha value is -1.51. The Labute approximate surface area is 109 Å². The topological polar surface area (TPSA) is 50.4 Å². The summed E-state index contributed by atoms with van der Waals surface area (Å²) in [4.78, 5) is 4.60. The molecule has 0 saturated carbocycles. The number of hydrogen-bond donors (Lipinski definition) is 2. The van der Waals surface area contributed by atoms with E-state index in [-0.39, 0.29) is 5.54 Å². The smallest absolute Gasteiger partial charge is 0.189 e. The molecule has 0 aliphatic heterocycles. The quantitative estimate of drug-likeness (QED) is 0.589. The van der Waals surface area contributed by atoms with Crippen LogP contribution in [0.4, 0.5) is 0 Å². The summed E-state index contributed by atoms with van der Waals surface area (Å²) in [5, 5.41) is 3.22. The number of fused-ring (bicyclic) bond motifs is 1. The highest BCUT2D eigenvalue weighted by Crippen LogP contribution is 2.22. The predicted octanol–water partition coefficient (Wildman–Crippen LogP) is 2.25. The van der Waals surface area contributed by atoms with Gasteiger partial charge in [0.25, 0.3) is 0 Å². The zero-order valence-electron chi connectivity index (χ0n) is 11.5. The molecule has 0 fully saturated rings. The first kappa shape index (κ1) is 12.9. The summed E-state index contributed by atoms with van der Waals surface area (Å²) < 4.78 is 0. The Bertz CT molecular complexity index is 443. The van der Waals surface area contributed by atoms with Gasteiger partial charge >= 0.3 is 0 Å². The first-order valence-corrected chi connectivity index (χ1v) is 6.62. The lowest BCUT2D eigenvalue weighted by molar-refractivity contribution is 0.501. The van der Waals surface area contributed by atoms with Crippen molar-refractivity contribution in [3.05, 3.63) is 35.4 Å². The molecule has 0 radical (unpaired) electrons. The lowest BCUT2D eigenvalue weighted by Crippen LogP contribution is -2.45. The minimum atomic E-state index is -0.0276. The molecule has 0 aromatic heterocycles. The summed E-state index contributed by atoms with van der Waals surface area (Å²) in [6.07, 6.45) is 3.19. The van der Waals surface area contributed by atoms with Gasteiger partial charge in [-0.15, -0.1) is 0 Å². The Morgan fingerprint density at radius 3 is 2.61 bits per heavy atom. The van der Waals surface area contributed by atoms with E-state index in [9.17, 15) is 0 Å². The van der Waals surface area contributed by atoms with Crippen LogP contribution in [0.3, 0.4) is 0 Å². The van der Waals surface area contributed by atoms with Gasteiger partial charge in [-0.3, -0.25) is 0 Å². The van der Waals surface area contributed by atoms with Gasteiger partial charge in [0, 0.05) is 5.54 Å². The second-order valence-corrected chi connectivity index (χ2v) is 6.05. The van der Waals surface area contributed by atoms with E-state index in [1.54, 1.807) is 0 Å². The van der Waals surface area contributed by atoms with E-state index < -0.39 is 0 Å². The summed E-state index contributed by atoms with van der Waals surface area (Å²) in [6.45, 7) is 6.27. The predicted molar refractivity (Wildman–Crippen MR) is 76.8 cm³/mol. The molecule has 1 aromatic rings. The average molecular weight is 245 g/mol. The van der Waals surface area contributed by atoms with Crippen LogP contribution in [0.5, 0.6) is 0 Å². The summed E-state index contributed by atoms with van der Waals surface area (Å²) >= 11 is 0. The van der Waals surface area contributed by atoms with Gasteiger partial charge in [-0.05, 0) is 51.2 Å². The highest BCUT2D eigenvalue weighted by molar-refractivity contribution is 5.78. The summed E-state index contributed by atoms with van der Waals surface area (Å²) in [6, 6.07) is 8.94. The van der Waals surface area contributed by atoms with E-state index in [0.29, 0.717) is 12.0 Å². The SMILES string of the molecule is CC(C)(C)NC(N)=NC1CCc2ccccc2C1. The standard InChI is InChI=1S/C15H23N3/c1-15(2,3)18-14(16)17-13-9-8-11-6-4-5-7-12(11)10-13/h4-7,13H,8-10H2,1-3H3,(H3,16,17,18). The van der Waals surface area contributed by atoms with E-state index in [2.05, 4.69) is 55.3 Å². The molecule has 98 valence electrons. The number of aryl methyl sites for hydroxylation is 1. The monoisotopic (exact) mass is 245 g/mol. The van der Waals surface area contributed by atoms with Gasteiger partial charge in [0.2, 0.25) is 0 Å². The van der Waals surface area contributed by atoms with Gasteiger partial charge in [0.15, 0.2) is 5.96 Å². The Balaban J connectivity index is 2.03. The maximum absolute atomic E-state index is 5.95. The number of benzene rings is 1. The lowest BCUT2D eigenvalue weighted by atomic mass is 9.89. The number of rotatable bonds is 1. The molecule has 1 atom stereocenters. The molecule has 2 rings (SSSR count). The summed E-state index contributed by atoms with van der Waals surface area (Å²) in [5.74, 6) is 0.562. The molecule has 0 spiro atoms. The molecule has 0 heterocycles. The minimum Gasteiger partial charge on any atom is -0.370 e. The zero-order valence-corrected chi connectivity index (χ0v) is 11.5.